The van der Waals surface area contributed by atoms with E-state index in [0.717, 1.165) is 28.6 Å². The highest BCUT2D eigenvalue weighted by Gasteiger charge is 2.32. The van der Waals surface area contributed by atoms with Gasteiger partial charge >= 0.3 is 6.09 Å². The summed E-state index contributed by atoms with van der Waals surface area (Å²) in [6.07, 6.45) is 1.23. The number of aryl methyl sites for hydroxylation is 1. The van der Waals surface area contributed by atoms with Crippen LogP contribution in [0, 0.1) is 6.92 Å². The molecule has 3 heterocycles. The molecule has 2 aliphatic rings. The molecule has 2 aliphatic heterocycles. The standard InChI is InChI=1S/C27H31ClN4O6S2/c1-3-37-27(34)30-10-12-31(13-11-30)40(35,36)22-8-6-19(7-9-22)25(33)32(17-21-5-4-14-38-21)26-29-24-18(2)15-20(28)16-23(24)39-26/h6-9,15-16,21H,3-5,10-14,17H2,1-2H3. The highest BCUT2D eigenvalue weighted by Crippen LogP contribution is 2.34. The van der Waals surface area contributed by atoms with Gasteiger partial charge in [-0.15, -0.1) is 0 Å². The van der Waals surface area contributed by atoms with E-state index in [9.17, 15) is 18.0 Å². The molecule has 13 heteroatoms. The lowest BCUT2D eigenvalue weighted by Gasteiger charge is -2.33. The second kappa shape index (κ2) is 12.0. The van der Waals surface area contributed by atoms with Gasteiger partial charge in [-0.25, -0.2) is 18.2 Å². The van der Waals surface area contributed by atoms with E-state index in [-0.39, 0.29) is 49.7 Å². The summed E-state index contributed by atoms with van der Waals surface area (Å²) in [6.45, 7) is 5.75. The maximum atomic E-state index is 13.8. The molecule has 0 spiro atoms. The largest absolute Gasteiger partial charge is 0.450 e. The van der Waals surface area contributed by atoms with Crippen LogP contribution in [0.4, 0.5) is 9.93 Å². The quantitative estimate of drug-likeness (QED) is 0.388. The normalized spacial score (nSPS) is 18.3. The molecule has 0 N–H and O–H groups in total. The SMILES string of the molecule is CCOC(=O)N1CCN(S(=O)(=O)c2ccc(C(=O)N(CC3CCCO3)c3nc4c(C)cc(Cl)cc4s3)cc2)CC1. The molecule has 0 radical (unpaired) electrons. The lowest BCUT2D eigenvalue weighted by molar-refractivity contribution is 0.0916. The maximum Gasteiger partial charge on any atom is 0.409 e. The molecule has 214 valence electrons. The number of carbonyl (C=O) groups excluding carboxylic acids is 2. The van der Waals surface area contributed by atoms with Gasteiger partial charge in [0.2, 0.25) is 10.0 Å². The van der Waals surface area contributed by atoms with Crippen molar-refractivity contribution >= 4 is 60.3 Å². The Balaban J connectivity index is 1.36. The van der Waals surface area contributed by atoms with E-state index in [1.807, 2.05) is 19.1 Å². The number of benzene rings is 2. The third-order valence-corrected chi connectivity index (χ3v) is 10.2. The van der Waals surface area contributed by atoms with E-state index in [1.165, 1.54) is 44.8 Å². The van der Waals surface area contributed by atoms with Gasteiger partial charge in [0.05, 0.1) is 34.4 Å². The predicted molar refractivity (Wildman–Crippen MR) is 154 cm³/mol. The van der Waals surface area contributed by atoms with Gasteiger partial charge in [0.25, 0.3) is 5.91 Å². The molecular formula is C27H31ClN4O6S2. The molecule has 0 saturated carbocycles. The number of rotatable bonds is 7. The molecule has 2 saturated heterocycles. The van der Waals surface area contributed by atoms with Crippen molar-refractivity contribution in [1.29, 1.82) is 0 Å². The molecule has 5 rings (SSSR count). The molecule has 10 nitrogen and oxygen atoms in total. The zero-order valence-electron chi connectivity index (χ0n) is 22.3. The number of halogens is 1. The molecule has 40 heavy (non-hydrogen) atoms. The first-order chi connectivity index (χ1) is 19.2. The minimum absolute atomic E-state index is 0.0876. The summed E-state index contributed by atoms with van der Waals surface area (Å²) in [6, 6.07) is 9.64. The Morgan fingerprint density at radius 1 is 1.18 bits per heavy atom. The summed E-state index contributed by atoms with van der Waals surface area (Å²) in [7, 11) is -3.80. The number of thiazole rings is 1. The van der Waals surface area contributed by atoms with Gasteiger partial charge in [0.15, 0.2) is 5.13 Å². The fourth-order valence-electron chi connectivity index (χ4n) is 4.90. The number of aromatic nitrogens is 1. The van der Waals surface area contributed by atoms with Crippen LogP contribution in [0.5, 0.6) is 0 Å². The molecule has 2 aromatic carbocycles. The number of amides is 2. The van der Waals surface area contributed by atoms with E-state index in [4.69, 9.17) is 26.1 Å². The van der Waals surface area contributed by atoms with Crippen molar-refractivity contribution in [3.8, 4) is 0 Å². The van der Waals surface area contributed by atoms with Crippen molar-refractivity contribution < 1.29 is 27.5 Å². The highest BCUT2D eigenvalue weighted by molar-refractivity contribution is 7.89. The molecule has 1 atom stereocenters. The van der Waals surface area contributed by atoms with Crippen LogP contribution in [-0.4, -0.2) is 86.6 Å². The summed E-state index contributed by atoms with van der Waals surface area (Å²) in [5.74, 6) is -0.287. The molecule has 1 unspecified atom stereocenters. The number of anilines is 1. The van der Waals surface area contributed by atoms with Crippen molar-refractivity contribution in [3.63, 3.8) is 0 Å². The number of ether oxygens (including phenoxy) is 2. The minimum Gasteiger partial charge on any atom is -0.450 e. The highest BCUT2D eigenvalue weighted by atomic mass is 35.5. The Morgan fingerprint density at radius 2 is 1.90 bits per heavy atom. The fourth-order valence-corrected chi connectivity index (χ4v) is 7.75. The topological polar surface area (TPSA) is 109 Å². The zero-order valence-corrected chi connectivity index (χ0v) is 24.7. The first-order valence-electron chi connectivity index (χ1n) is 13.2. The zero-order chi connectivity index (χ0) is 28.4. The van der Waals surface area contributed by atoms with Crippen molar-refractivity contribution in [1.82, 2.24) is 14.2 Å². The molecular weight excluding hydrogens is 576 g/mol. The summed E-state index contributed by atoms with van der Waals surface area (Å²) >= 11 is 7.64. The Morgan fingerprint density at radius 3 is 2.55 bits per heavy atom. The number of sulfonamides is 1. The molecule has 0 bridgehead atoms. The van der Waals surface area contributed by atoms with Crippen molar-refractivity contribution in [2.45, 2.75) is 37.7 Å². The average Bonchev–Trinajstić information content (AvgIpc) is 3.62. The van der Waals surface area contributed by atoms with E-state index in [2.05, 4.69) is 0 Å². The predicted octanol–water partition coefficient (Wildman–Crippen LogP) is 4.55. The van der Waals surface area contributed by atoms with E-state index in [1.54, 1.807) is 11.8 Å². The van der Waals surface area contributed by atoms with Crippen molar-refractivity contribution in [3.05, 3.63) is 52.5 Å². The van der Waals surface area contributed by atoms with E-state index in [0.29, 0.717) is 28.9 Å². The van der Waals surface area contributed by atoms with Gasteiger partial charge in [-0.05, 0) is 68.7 Å². The molecule has 2 fully saturated rings. The second-order valence-electron chi connectivity index (χ2n) is 9.73. The summed E-state index contributed by atoms with van der Waals surface area (Å²) in [4.78, 5) is 33.7. The van der Waals surface area contributed by atoms with Crippen LogP contribution in [0.2, 0.25) is 5.02 Å². The van der Waals surface area contributed by atoms with Crippen LogP contribution < -0.4 is 4.90 Å². The maximum absolute atomic E-state index is 13.8. The first kappa shape index (κ1) is 28.7. The number of carbonyl (C=O) groups is 2. The van der Waals surface area contributed by atoms with Crippen LogP contribution >= 0.6 is 22.9 Å². The van der Waals surface area contributed by atoms with Crippen molar-refractivity contribution in [2.75, 3.05) is 50.8 Å². The van der Waals surface area contributed by atoms with Crippen LogP contribution in [0.25, 0.3) is 10.2 Å². The molecule has 2 amide bonds. The van der Waals surface area contributed by atoms with E-state index >= 15 is 0 Å². The monoisotopic (exact) mass is 606 g/mol. The third kappa shape index (κ3) is 5.96. The van der Waals surface area contributed by atoms with E-state index < -0.39 is 16.1 Å². The third-order valence-electron chi connectivity index (χ3n) is 7.03. The van der Waals surface area contributed by atoms with Gasteiger partial charge < -0.3 is 14.4 Å². The minimum atomic E-state index is -3.80. The summed E-state index contributed by atoms with van der Waals surface area (Å²) in [5, 5.41) is 1.15. The summed E-state index contributed by atoms with van der Waals surface area (Å²) < 4.78 is 39.6. The number of hydrogen-bond acceptors (Lipinski definition) is 8. The Hall–Kier alpha value is -2.77. The van der Waals surface area contributed by atoms with Crippen LogP contribution in [0.3, 0.4) is 0 Å². The van der Waals surface area contributed by atoms with Crippen LogP contribution in [-0.2, 0) is 19.5 Å². The lowest BCUT2D eigenvalue weighted by atomic mass is 10.2. The fraction of sp³-hybridized carbons (Fsp3) is 0.444. The van der Waals surface area contributed by atoms with Gasteiger partial charge in [-0.2, -0.15) is 4.31 Å². The molecule has 3 aromatic rings. The lowest BCUT2D eigenvalue weighted by Crippen LogP contribution is -2.50. The van der Waals surface area contributed by atoms with Crippen LogP contribution in [0.1, 0.15) is 35.7 Å². The Labute approximate surface area is 242 Å². The van der Waals surface area contributed by atoms with Gasteiger partial charge in [-0.1, -0.05) is 22.9 Å². The second-order valence-corrected chi connectivity index (χ2v) is 13.1. The van der Waals surface area contributed by atoms with Gasteiger partial charge in [0.1, 0.15) is 0 Å². The Kier molecular flexibility index (Phi) is 8.62. The van der Waals surface area contributed by atoms with Gasteiger partial charge in [-0.3, -0.25) is 9.69 Å². The van der Waals surface area contributed by atoms with Crippen LogP contribution in [0.15, 0.2) is 41.3 Å². The number of piperazine rings is 1. The Bertz CT molecular complexity index is 1500. The number of hydrogen-bond donors (Lipinski definition) is 0. The number of fused-ring (bicyclic) bond motifs is 1. The smallest absolute Gasteiger partial charge is 0.409 e. The van der Waals surface area contributed by atoms with Gasteiger partial charge in [0, 0.05) is 43.4 Å². The number of nitrogens with zero attached hydrogens (tertiary/aromatic N) is 4. The average molecular weight is 607 g/mol. The molecule has 0 aliphatic carbocycles. The molecule has 1 aromatic heterocycles. The summed E-state index contributed by atoms with van der Waals surface area (Å²) in [5.41, 5.74) is 2.06. The first-order valence-corrected chi connectivity index (χ1v) is 15.8. The van der Waals surface area contributed by atoms with Crippen molar-refractivity contribution in [2.24, 2.45) is 0 Å².